The van der Waals surface area contributed by atoms with Gasteiger partial charge in [0.25, 0.3) is 11.4 Å². The lowest BCUT2D eigenvalue weighted by Crippen LogP contribution is -2.57. The second-order valence-corrected chi connectivity index (χ2v) is 10.6. The molecule has 10 heteroatoms. The van der Waals surface area contributed by atoms with Gasteiger partial charge in [-0.1, -0.05) is 0 Å². The molecule has 0 bridgehead atoms. The fraction of sp³-hybridized carbons (Fsp3) is 0.538. The zero-order valence-electron chi connectivity index (χ0n) is 21.7. The highest BCUT2D eigenvalue weighted by atomic mass is 16.6. The van der Waals surface area contributed by atoms with Gasteiger partial charge in [-0.05, 0) is 46.2 Å². The van der Waals surface area contributed by atoms with Crippen LogP contribution in [-0.2, 0) is 13.6 Å². The summed E-state index contributed by atoms with van der Waals surface area (Å²) in [5.74, 6) is 1.23. The summed E-state index contributed by atoms with van der Waals surface area (Å²) in [7, 11) is 1.74. The predicted molar refractivity (Wildman–Crippen MR) is 136 cm³/mol. The number of ether oxygens (including phenoxy) is 2. The summed E-state index contributed by atoms with van der Waals surface area (Å²) < 4.78 is 15.1. The standard InChI is InChI=1S/C26H33N7O3/c1-16-13-33(20-10-23(34)30(6)21-14-31(8-7-27)29-24(20)21)17(2)12-32(16)18(3)19-9-22-25(28-11-19)35-15-26(4,5)36-22/h9-11,14,16-18H,8,12-13,15H2,1-6H3/t16-,17+,18?/m1/s1. The van der Waals surface area contributed by atoms with E-state index in [-0.39, 0.29) is 35.8 Å². The molecule has 36 heavy (non-hydrogen) atoms. The van der Waals surface area contributed by atoms with E-state index >= 15 is 0 Å². The van der Waals surface area contributed by atoms with Gasteiger partial charge >= 0.3 is 0 Å². The number of aromatic nitrogens is 4. The molecule has 0 radical (unpaired) electrons. The van der Waals surface area contributed by atoms with Crippen LogP contribution in [0.25, 0.3) is 11.0 Å². The molecule has 5 heterocycles. The molecule has 0 aromatic carbocycles. The van der Waals surface area contributed by atoms with Crippen molar-refractivity contribution in [2.24, 2.45) is 7.05 Å². The zero-order valence-corrected chi connectivity index (χ0v) is 21.7. The SMILES string of the molecule is CC(c1cnc2c(c1)OC(C)(C)CO2)N1C[C@H](C)N(c2cc(=O)n(C)c3cn(CC#N)nc23)C[C@H]1C. The van der Waals surface area contributed by atoms with E-state index in [1.165, 1.54) is 0 Å². The first-order valence-electron chi connectivity index (χ1n) is 12.4. The summed E-state index contributed by atoms with van der Waals surface area (Å²) in [6.07, 6.45) is 3.65. The van der Waals surface area contributed by atoms with Gasteiger partial charge in [-0.3, -0.25) is 14.4 Å². The van der Waals surface area contributed by atoms with Crippen LogP contribution in [0.5, 0.6) is 11.6 Å². The van der Waals surface area contributed by atoms with E-state index in [1.54, 1.807) is 28.6 Å². The van der Waals surface area contributed by atoms with Gasteiger partial charge in [-0.2, -0.15) is 10.4 Å². The molecule has 0 N–H and O–H groups in total. The number of fused-ring (bicyclic) bond motifs is 2. The van der Waals surface area contributed by atoms with Crippen LogP contribution in [0, 0.1) is 11.3 Å². The summed E-state index contributed by atoms with van der Waals surface area (Å²) in [4.78, 5) is 22.0. The maximum absolute atomic E-state index is 12.8. The van der Waals surface area contributed by atoms with Gasteiger partial charge < -0.3 is 18.9 Å². The molecular weight excluding hydrogens is 458 g/mol. The summed E-state index contributed by atoms with van der Waals surface area (Å²) in [6.45, 7) is 12.7. The number of piperazine rings is 1. The lowest BCUT2D eigenvalue weighted by atomic mass is 10.0. The van der Waals surface area contributed by atoms with Gasteiger partial charge in [0, 0.05) is 50.5 Å². The van der Waals surface area contributed by atoms with Crippen molar-refractivity contribution in [3.05, 3.63) is 40.4 Å². The Labute approximate surface area is 210 Å². The minimum atomic E-state index is -0.387. The Morgan fingerprint density at radius 2 is 2.03 bits per heavy atom. The van der Waals surface area contributed by atoms with Crippen molar-refractivity contribution in [2.45, 2.75) is 64.9 Å². The Kier molecular flexibility index (Phi) is 5.91. The maximum atomic E-state index is 12.8. The summed E-state index contributed by atoms with van der Waals surface area (Å²) in [5, 5.41) is 13.8. The third-order valence-electron chi connectivity index (χ3n) is 7.28. The number of anilines is 1. The van der Waals surface area contributed by atoms with Crippen molar-refractivity contribution in [2.75, 3.05) is 24.6 Å². The van der Waals surface area contributed by atoms with Crippen LogP contribution in [0.3, 0.4) is 0 Å². The van der Waals surface area contributed by atoms with Crippen molar-refractivity contribution < 1.29 is 9.47 Å². The fourth-order valence-corrected chi connectivity index (χ4v) is 5.26. The average molecular weight is 492 g/mol. The lowest BCUT2D eigenvalue weighted by Gasteiger charge is -2.47. The van der Waals surface area contributed by atoms with Gasteiger partial charge in [0.2, 0.25) is 0 Å². The van der Waals surface area contributed by atoms with Crippen molar-refractivity contribution in [1.29, 1.82) is 5.26 Å². The molecule has 3 atom stereocenters. The highest BCUT2D eigenvalue weighted by molar-refractivity contribution is 5.88. The topological polar surface area (TPSA) is 101 Å². The molecule has 0 saturated carbocycles. The van der Waals surface area contributed by atoms with Crippen LogP contribution in [-0.4, -0.2) is 61.6 Å². The van der Waals surface area contributed by atoms with E-state index in [2.05, 4.69) is 46.7 Å². The first-order chi connectivity index (χ1) is 17.1. The minimum absolute atomic E-state index is 0.0880. The van der Waals surface area contributed by atoms with Crippen LogP contribution < -0.4 is 19.9 Å². The zero-order chi connectivity index (χ0) is 25.8. The first kappa shape index (κ1) is 24.1. The van der Waals surface area contributed by atoms with E-state index in [0.29, 0.717) is 18.2 Å². The third kappa shape index (κ3) is 4.17. The van der Waals surface area contributed by atoms with E-state index in [9.17, 15) is 4.79 Å². The van der Waals surface area contributed by atoms with E-state index in [0.717, 1.165) is 35.4 Å². The molecule has 10 nitrogen and oxygen atoms in total. The number of nitrogens with zero attached hydrogens (tertiary/aromatic N) is 7. The smallest absolute Gasteiger partial charge is 0.257 e. The average Bonchev–Trinajstić information content (AvgIpc) is 3.25. The highest BCUT2D eigenvalue weighted by Crippen LogP contribution is 2.37. The molecule has 190 valence electrons. The predicted octanol–water partition coefficient (Wildman–Crippen LogP) is 2.86. The van der Waals surface area contributed by atoms with Crippen LogP contribution in [0.2, 0.25) is 0 Å². The first-order valence-corrected chi connectivity index (χ1v) is 12.4. The third-order valence-corrected chi connectivity index (χ3v) is 7.28. The van der Waals surface area contributed by atoms with Gasteiger partial charge in [-0.25, -0.2) is 4.98 Å². The molecule has 3 aromatic rings. The Balaban J connectivity index is 1.42. The van der Waals surface area contributed by atoms with E-state index in [1.807, 2.05) is 26.1 Å². The number of nitriles is 1. The Morgan fingerprint density at radius 1 is 1.25 bits per heavy atom. The quantitative estimate of drug-likeness (QED) is 0.549. The molecule has 0 amide bonds. The lowest BCUT2D eigenvalue weighted by molar-refractivity contribution is 0.0173. The molecule has 0 spiro atoms. The summed E-state index contributed by atoms with van der Waals surface area (Å²) in [5.41, 5.74) is 2.89. The highest BCUT2D eigenvalue weighted by Gasteiger charge is 2.35. The molecular formula is C26H33N7O3. The fourth-order valence-electron chi connectivity index (χ4n) is 5.26. The molecule has 1 saturated heterocycles. The second-order valence-electron chi connectivity index (χ2n) is 10.6. The molecule has 1 unspecified atom stereocenters. The largest absolute Gasteiger partial charge is 0.479 e. The van der Waals surface area contributed by atoms with Crippen molar-refractivity contribution in [3.63, 3.8) is 0 Å². The normalized spacial score (nSPS) is 22.4. The Bertz CT molecular complexity index is 1400. The monoisotopic (exact) mass is 491 g/mol. The Morgan fingerprint density at radius 3 is 2.78 bits per heavy atom. The number of hydrogen-bond acceptors (Lipinski definition) is 8. The summed E-state index contributed by atoms with van der Waals surface area (Å²) in [6, 6.07) is 6.31. The van der Waals surface area contributed by atoms with Crippen molar-refractivity contribution in [1.82, 2.24) is 24.2 Å². The number of pyridine rings is 2. The molecule has 1 fully saturated rings. The molecule has 2 aliphatic heterocycles. The van der Waals surface area contributed by atoms with Crippen molar-refractivity contribution >= 4 is 16.7 Å². The van der Waals surface area contributed by atoms with Gasteiger partial charge in [0.1, 0.15) is 24.3 Å². The van der Waals surface area contributed by atoms with E-state index < -0.39 is 0 Å². The molecule has 0 aliphatic carbocycles. The van der Waals surface area contributed by atoms with Crippen LogP contribution in [0.15, 0.2) is 29.3 Å². The van der Waals surface area contributed by atoms with Crippen LogP contribution in [0.4, 0.5) is 5.69 Å². The van der Waals surface area contributed by atoms with Crippen LogP contribution >= 0.6 is 0 Å². The summed E-state index contributed by atoms with van der Waals surface area (Å²) >= 11 is 0. The number of aryl methyl sites for hydroxylation is 1. The number of hydrogen-bond donors (Lipinski definition) is 0. The van der Waals surface area contributed by atoms with Crippen LogP contribution in [0.1, 0.15) is 46.2 Å². The van der Waals surface area contributed by atoms with Gasteiger partial charge in [-0.15, -0.1) is 0 Å². The number of rotatable bonds is 4. The van der Waals surface area contributed by atoms with E-state index in [4.69, 9.17) is 14.7 Å². The maximum Gasteiger partial charge on any atom is 0.257 e. The van der Waals surface area contributed by atoms with Gasteiger partial charge in [0.15, 0.2) is 5.75 Å². The molecule has 3 aromatic heterocycles. The van der Waals surface area contributed by atoms with Gasteiger partial charge in [0.05, 0.1) is 23.5 Å². The van der Waals surface area contributed by atoms with Crippen molar-refractivity contribution in [3.8, 4) is 17.7 Å². The molecule has 2 aliphatic rings. The Hall–Kier alpha value is -3.58. The second kappa shape index (κ2) is 8.82. The molecule has 5 rings (SSSR count). The minimum Gasteiger partial charge on any atom is -0.479 e.